The molecule has 0 radical (unpaired) electrons. The molecule has 9 heteroatoms. The number of nitriles is 1. The third-order valence-electron chi connectivity index (χ3n) is 6.19. The first kappa shape index (κ1) is 32.9. The molecular weight excluding hydrogens is 516 g/mol. The van der Waals surface area contributed by atoms with E-state index in [4.69, 9.17) is 9.72 Å². The van der Waals surface area contributed by atoms with Crippen LogP contribution in [0.4, 0.5) is 4.79 Å². The number of carbonyl (C=O) groups excluding carboxylic acids is 2. The Labute approximate surface area is 244 Å². The molecule has 3 amide bonds. The lowest BCUT2D eigenvalue weighted by Gasteiger charge is -2.20. The molecule has 3 rings (SSSR count). The van der Waals surface area contributed by atoms with E-state index in [-0.39, 0.29) is 49.0 Å². The van der Waals surface area contributed by atoms with E-state index in [1.807, 2.05) is 58.3 Å². The SMILES string of the molecule is C.CCNC(=O)NC[C@H](Cc1ccc(-c2cn(C)c(C(C)(C)C)n2)cc1)NC(=O)c1ccc(OC(C)C)c(C#N)c1. The summed E-state index contributed by atoms with van der Waals surface area (Å²) in [5.41, 5.74) is 3.47. The number of nitrogens with one attached hydrogen (secondary N) is 3. The zero-order chi connectivity index (χ0) is 29.4. The summed E-state index contributed by atoms with van der Waals surface area (Å²) >= 11 is 0. The fourth-order valence-corrected chi connectivity index (χ4v) is 4.40. The number of aryl methyl sites for hydroxylation is 1. The van der Waals surface area contributed by atoms with Gasteiger partial charge in [-0.1, -0.05) is 52.5 Å². The van der Waals surface area contributed by atoms with Crippen molar-refractivity contribution in [1.29, 1.82) is 5.26 Å². The number of rotatable bonds is 10. The maximum atomic E-state index is 13.2. The van der Waals surface area contributed by atoms with E-state index in [0.29, 0.717) is 24.3 Å². The predicted molar refractivity (Wildman–Crippen MR) is 163 cm³/mol. The molecule has 9 nitrogen and oxygen atoms in total. The molecule has 0 fully saturated rings. The van der Waals surface area contributed by atoms with Gasteiger partial charge in [0, 0.05) is 42.9 Å². The number of hydrogen-bond donors (Lipinski definition) is 3. The molecule has 220 valence electrons. The molecule has 3 aromatic rings. The van der Waals surface area contributed by atoms with Gasteiger partial charge in [-0.2, -0.15) is 5.26 Å². The molecule has 0 aliphatic heterocycles. The van der Waals surface area contributed by atoms with Crippen molar-refractivity contribution in [2.45, 2.75) is 73.0 Å². The zero-order valence-corrected chi connectivity index (χ0v) is 24.5. The van der Waals surface area contributed by atoms with Gasteiger partial charge in [-0.25, -0.2) is 9.78 Å². The van der Waals surface area contributed by atoms with Crippen LogP contribution in [0.3, 0.4) is 0 Å². The monoisotopic (exact) mass is 560 g/mol. The highest BCUT2D eigenvalue weighted by Crippen LogP contribution is 2.26. The average Bonchev–Trinajstić information content (AvgIpc) is 3.30. The number of hydrogen-bond acceptors (Lipinski definition) is 5. The van der Waals surface area contributed by atoms with E-state index in [9.17, 15) is 14.9 Å². The van der Waals surface area contributed by atoms with Crippen LogP contribution in [0.5, 0.6) is 5.75 Å². The van der Waals surface area contributed by atoms with Crippen molar-refractivity contribution < 1.29 is 14.3 Å². The predicted octanol–water partition coefficient (Wildman–Crippen LogP) is 5.34. The molecule has 1 heterocycles. The molecule has 1 atom stereocenters. The quantitative estimate of drug-likeness (QED) is 0.309. The summed E-state index contributed by atoms with van der Waals surface area (Å²) < 4.78 is 7.73. The van der Waals surface area contributed by atoms with E-state index in [1.54, 1.807) is 12.1 Å². The second-order valence-corrected chi connectivity index (χ2v) is 11.1. The van der Waals surface area contributed by atoms with Crippen LogP contribution in [0.25, 0.3) is 11.3 Å². The molecule has 0 saturated carbocycles. The molecule has 0 aliphatic rings. The third kappa shape index (κ3) is 9.10. The van der Waals surface area contributed by atoms with Gasteiger partial charge in [0.1, 0.15) is 17.6 Å². The van der Waals surface area contributed by atoms with Gasteiger partial charge in [-0.05, 0) is 51.0 Å². The highest BCUT2D eigenvalue weighted by Gasteiger charge is 2.21. The maximum Gasteiger partial charge on any atom is 0.314 e. The Hall–Kier alpha value is -4.32. The Kier molecular flexibility index (Phi) is 11.5. The lowest BCUT2D eigenvalue weighted by atomic mass is 9.96. The Morgan fingerprint density at radius 2 is 1.78 bits per heavy atom. The second-order valence-electron chi connectivity index (χ2n) is 11.1. The van der Waals surface area contributed by atoms with Gasteiger partial charge in [0.25, 0.3) is 5.91 Å². The van der Waals surface area contributed by atoms with Crippen LogP contribution in [0.15, 0.2) is 48.7 Å². The Bertz CT molecular complexity index is 1360. The zero-order valence-electron chi connectivity index (χ0n) is 24.5. The molecule has 0 unspecified atom stereocenters. The van der Waals surface area contributed by atoms with Crippen LogP contribution >= 0.6 is 0 Å². The number of benzene rings is 2. The molecular formula is C32H44N6O3. The van der Waals surface area contributed by atoms with E-state index >= 15 is 0 Å². The van der Waals surface area contributed by atoms with Crippen molar-refractivity contribution in [3.63, 3.8) is 0 Å². The highest BCUT2D eigenvalue weighted by atomic mass is 16.5. The van der Waals surface area contributed by atoms with Gasteiger partial charge < -0.3 is 25.3 Å². The van der Waals surface area contributed by atoms with Crippen molar-refractivity contribution in [3.8, 4) is 23.1 Å². The average molecular weight is 561 g/mol. The fraction of sp³-hybridized carbons (Fsp3) is 0.438. The molecule has 2 aromatic carbocycles. The minimum atomic E-state index is -0.388. The molecule has 1 aromatic heterocycles. The molecule has 0 aliphatic carbocycles. The van der Waals surface area contributed by atoms with Gasteiger partial charge in [-0.15, -0.1) is 0 Å². The number of urea groups is 1. The summed E-state index contributed by atoms with van der Waals surface area (Å²) in [6.07, 6.45) is 2.43. The Morgan fingerprint density at radius 1 is 1.10 bits per heavy atom. The number of amides is 3. The van der Waals surface area contributed by atoms with Crippen molar-refractivity contribution in [2.75, 3.05) is 13.1 Å². The number of nitrogens with zero attached hydrogens (tertiary/aromatic N) is 3. The van der Waals surface area contributed by atoms with Crippen LogP contribution in [0, 0.1) is 11.3 Å². The first-order valence-corrected chi connectivity index (χ1v) is 13.6. The summed E-state index contributed by atoms with van der Waals surface area (Å²) in [6, 6.07) is 14.3. The lowest BCUT2D eigenvalue weighted by Crippen LogP contribution is -2.47. The summed E-state index contributed by atoms with van der Waals surface area (Å²) in [7, 11) is 2.00. The molecule has 41 heavy (non-hydrogen) atoms. The summed E-state index contributed by atoms with van der Waals surface area (Å²) in [6.45, 7) is 12.7. The van der Waals surface area contributed by atoms with Gasteiger partial charge in [0.15, 0.2) is 0 Å². The van der Waals surface area contributed by atoms with Crippen LogP contribution in [0.2, 0.25) is 0 Å². The minimum absolute atomic E-state index is 0. The first-order valence-electron chi connectivity index (χ1n) is 13.6. The third-order valence-corrected chi connectivity index (χ3v) is 6.19. The number of carbonyl (C=O) groups is 2. The summed E-state index contributed by atoms with van der Waals surface area (Å²) in [4.78, 5) is 30.1. The van der Waals surface area contributed by atoms with Crippen molar-refractivity contribution in [1.82, 2.24) is 25.5 Å². The Morgan fingerprint density at radius 3 is 2.34 bits per heavy atom. The normalized spacial score (nSPS) is 11.7. The van der Waals surface area contributed by atoms with Gasteiger partial charge in [0.05, 0.1) is 23.4 Å². The second kappa shape index (κ2) is 14.4. The smallest absolute Gasteiger partial charge is 0.314 e. The van der Waals surface area contributed by atoms with E-state index in [0.717, 1.165) is 22.6 Å². The topological polar surface area (TPSA) is 121 Å². The highest BCUT2D eigenvalue weighted by molar-refractivity contribution is 5.95. The summed E-state index contributed by atoms with van der Waals surface area (Å²) in [5, 5.41) is 18.1. The fourth-order valence-electron chi connectivity index (χ4n) is 4.40. The van der Waals surface area contributed by atoms with E-state index < -0.39 is 0 Å². The molecule has 3 N–H and O–H groups in total. The molecule has 0 saturated heterocycles. The maximum absolute atomic E-state index is 13.2. The Balaban J connectivity index is 0.00000588. The number of aromatic nitrogens is 2. The van der Waals surface area contributed by atoms with Crippen molar-refractivity contribution in [3.05, 3.63) is 71.2 Å². The number of ether oxygens (including phenoxy) is 1. The van der Waals surface area contributed by atoms with Crippen LogP contribution in [-0.4, -0.2) is 46.7 Å². The van der Waals surface area contributed by atoms with E-state index in [2.05, 4.69) is 47.4 Å². The van der Waals surface area contributed by atoms with Crippen molar-refractivity contribution >= 4 is 11.9 Å². The number of imidazole rings is 1. The standard InChI is InChI=1S/C31H40N6O3.CH4/c1-8-33-30(39)34-18-25(35-28(38)23-13-14-27(40-20(2)3)24(16-23)17-32)15-21-9-11-22(12-10-21)26-19-37(7)29(36-26)31(4,5)6;/h9-14,16,19-20,25H,8,15,18H2,1-7H3,(H,35,38)(H2,33,34,39);1H4/t25-;/m0./s1. The van der Waals surface area contributed by atoms with Crippen LogP contribution in [-0.2, 0) is 18.9 Å². The summed E-state index contributed by atoms with van der Waals surface area (Å²) in [5.74, 6) is 1.11. The lowest BCUT2D eigenvalue weighted by molar-refractivity contribution is 0.0936. The van der Waals surface area contributed by atoms with E-state index in [1.165, 1.54) is 6.07 Å². The van der Waals surface area contributed by atoms with Gasteiger partial charge >= 0.3 is 6.03 Å². The molecule has 0 bridgehead atoms. The molecule has 0 spiro atoms. The van der Waals surface area contributed by atoms with Crippen LogP contribution in [0.1, 0.15) is 76.3 Å². The minimum Gasteiger partial charge on any atom is -0.490 e. The largest absolute Gasteiger partial charge is 0.490 e. The van der Waals surface area contributed by atoms with Crippen molar-refractivity contribution in [2.24, 2.45) is 7.05 Å². The van der Waals surface area contributed by atoms with Gasteiger partial charge in [-0.3, -0.25) is 4.79 Å². The van der Waals surface area contributed by atoms with Gasteiger partial charge in [0.2, 0.25) is 0 Å². The van der Waals surface area contributed by atoms with Crippen LogP contribution < -0.4 is 20.7 Å². The first-order chi connectivity index (χ1) is 18.9.